The van der Waals surface area contributed by atoms with E-state index in [9.17, 15) is 9.59 Å². The van der Waals surface area contributed by atoms with Gasteiger partial charge < -0.3 is 10.1 Å². The number of aromatic nitrogens is 1. The smallest absolute Gasteiger partial charge is 0.324 e. The fourth-order valence-corrected chi connectivity index (χ4v) is 2.40. The third kappa shape index (κ3) is 2.50. The van der Waals surface area contributed by atoms with E-state index in [-0.39, 0.29) is 24.1 Å². The summed E-state index contributed by atoms with van der Waals surface area (Å²) in [6.45, 7) is 0.132. The number of halogens is 1. The summed E-state index contributed by atoms with van der Waals surface area (Å²) in [5, 5.41) is 3.60. The number of fused-ring (bicyclic) bond motifs is 1. The van der Waals surface area contributed by atoms with Gasteiger partial charge in [0.1, 0.15) is 10.9 Å². The summed E-state index contributed by atoms with van der Waals surface area (Å²) in [6.07, 6.45) is 0. The van der Waals surface area contributed by atoms with Crippen molar-refractivity contribution >= 4 is 34.4 Å². The summed E-state index contributed by atoms with van der Waals surface area (Å²) < 4.78 is 5.14. The van der Waals surface area contributed by atoms with Crippen molar-refractivity contribution in [1.82, 2.24) is 15.2 Å². The normalized spacial score (nSPS) is 14.7. The van der Waals surface area contributed by atoms with Gasteiger partial charge in [-0.25, -0.2) is 9.78 Å². The number of amides is 3. The van der Waals surface area contributed by atoms with Gasteiger partial charge in [0.15, 0.2) is 0 Å². The molecule has 1 aromatic heterocycles. The molecule has 1 aliphatic heterocycles. The first-order valence-corrected chi connectivity index (χ1v) is 6.67. The van der Waals surface area contributed by atoms with Gasteiger partial charge in [-0.3, -0.25) is 9.69 Å². The highest BCUT2D eigenvalue weighted by molar-refractivity contribution is 6.30. The van der Waals surface area contributed by atoms with Crippen LogP contribution in [0.4, 0.5) is 4.79 Å². The monoisotopic (exact) mass is 305 g/mol. The van der Waals surface area contributed by atoms with E-state index in [1.807, 2.05) is 18.2 Å². The molecule has 0 atom stereocenters. The Morgan fingerprint density at radius 2 is 2.19 bits per heavy atom. The minimum Gasteiger partial charge on any atom is -0.497 e. The summed E-state index contributed by atoms with van der Waals surface area (Å²) in [6, 6.07) is 6.86. The summed E-state index contributed by atoms with van der Waals surface area (Å²) in [7, 11) is 1.58. The quantitative estimate of drug-likeness (QED) is 0.695. The highest BCUT2D eigenvalue weighted by atomic mass is 35.5. The average Bonchev–Trinajstić information content (AvgIpc) is 2.79. The predicted molar refractivity (Wildman–Crippen MR) is 77.3 cm³/mol. The van der Waals surface area contributed by atoms with E-state index in [0.717, 1.165) is 10.3 Å². The SMILES string of the molecule is COc1ccc2cc(CN3C(=O)CNC3=O)c(Cl)nc2c1. The number of pyridine rings is 1. The van der Waals surface area contributed by atoms with Crippen LogP contribution in [0.25, 0.3) is 10.9 Å². The van der Waals surface area contributed by atoms with Crippen LogP contribution in [-0.2, 0) is 11.3 Å². The second kappa shape index (κ2) is 5.21. The van der Waals surface area contributed by atoms with E-state index in [2.05, 4.69) is 10.3 Å². The molecule has 0 spiro atoms. The molecule has 0 bridgehead atoms. The van der Waals surface area contributed by atoms with Crippen LogP contribution in [-0.4, -0.2) is 35.5 Å². The lowest BCUT2D eigenvalue weighted by Crippen LogP contribution is -2.30. The molecular weight excluding hydrogens is 294 g/mol. The summed E-state index contributed by atoms with van der Waals surface area (Å²) in [5.41, 5.74) is 1.32. The fraction of sp³-hybridized carbons (Fsp3) is 0.214. The molecule has 1 fully saturated rings. The van der Waals surface area contributed by atoms with Crippen molar-refractivity contribution in [3.8, 4) is 5.75 Å². The lowest BCUT2D eigenvalue weighted by molar-refractivity contribution is -0.125. The Balaban J connectivity index is 1.97. The van der Waals surface area contributed by atoms with Gasteiger partial charge in [-0.05, 0) is 18.2 Å². The molecule has 0 aliphatic carbocycles. The minimum atomic E-state index is -0.411. The Kier molecular flexibility index (Phi) is 3.39. The standard InChI is InChI=1S/C14H12ClN3O3/c1-21-10-3-2-8-4-9(13(15)17-11(8)5-10)7-18-12(19)6-16-14(18)20/h2-5H,6-7H2,1H3,(H,16,20). The van der Waals surface area contributed by atoms with Crippen LogP contribution in [0.5, 0.6) is 5.75 Å². The third-order valence-corrected chi connectivity index (χ3v) is 3.64. The average molecular weight is 306 g/mol. The second-order valence-corrected chi connectivity index (χ2v) is 4.99. The molecule has 3 rings (SSSR count). The predicted octanol–water partition coefficient (Wildman–Crippen LogP) is 1.95. The zero-order valence-electron chi connectivity index (χ0n) is 11.2. The Labute approximate surface area is 125 Å². The van der Waals surface area contributed by atoms with Crippen LogP contribution < -0.4 is 10.1 Å². The van der Waals surface area contributed by atoms with Crippen LogP contribution in [0.3, 0.4) is 0 Å². The van der Waals surface area contributed by atoms with Gasteiger partial charge in [-0.1, -0.05) is 11.6 Å². The molecule has 0 unspecified atom stereocenters. The van der Waals surface area contributed by atoms with Crippen molar-refractivity contribution in [2.45, 2.75) is 6.54 Å². The number of ether oxygens (including phenoxy) is 1. The van der Waals surface area contributed by atoms with Crippen LogP contribution >= 0.6 is 11.6 Å². The van der Waals surface area contributed by atoms with Gasteiger partial charge in [0.05, 0.1) is 25.7 Å². The van der Waals surface area contributed by atoms with Crippen LogP contribution in [0.1, 0.15) is 5.56 Å². The number of nitrogens with one attached hydrogen (secondary N) is 1. The summed E-state index contributed by atoms with van der Waals surface area (Å²) >= 11 is 6.15. The fourth-order valence-electron chi connectivity index (χ4n) is 2.19. The number of rotatable bonds is 3. The van der Waals surface area contributed by atoms with Gasteiger partial charge in [0, 0.05) is 17.0 Å². The van der Waals surface area contributed by atoms with Crippen LogP contribution in [0.15, 0.2) is 24.3 Å². The Hall–Kier alpha value is -2.34. The molecule has 2 heterocycles. The lowest BCUT2D eigenvalue weighted by atomic mass is 10.1. The summed E-state index contributed by atoms with van der Waals surface area (Å²) in [5.74, 6) is 0.416. The zero-order chi connectivity index (χ0) is 15.0. The van der Waals surface area contributed by atoms with Gasteiger partial charge in [0.2, 0.25) is 5.91 Å². The number of imide groups is 1. The van der Waals surface area contributed by atoms with E-state index in [1.165, 1.54) is 0 Å². The van der Waals surface area contributed by atoms with E-state index in [4.69, 9.17) is 16.3 Å². The van der Waals surface area contributed by atoms with E-state index in [0.29, 0.717) is 16.8 Å². The molecule has 1 aliphatic rings. The number of nitrogens with zero attached hydrogens (tertiary/aromatic N) is 2. The largest absolute Gasteiger partial charge is 0.497 e. The number of methoxy groups -OCH3 is 1. The molecule has 1 aromatic carbocycles. The molecule has 7 heteroatoms. The Morgan fingerprint density at radius 3 is 2.86 bits per heavy atom. The molecule has 6 nitrogen and oxygen atoms in total. The highest BCUT2D eigenvalue weighted by Gasteiger charge is 2.29. The van der Waals surface area contributed by atoms with Crippen molar-refractivity contribution in [3.05, 3.63) is 35.0 Å². The number of carbonyl (C=O) groups excluding carboxylic acids is 2. The molecule has 0 radical (unpaired) electrons. The zero-order valence-corrected chi connectivity index (χ0v) is 12.0. The first-order valence-electron chi connectivity index (χ1n) is 6.30. The maximum Gasteiger partial charge on any atom is 0.324 e. The second-order valence-electron chi connectivity index (χ2n) is 4.64. The molecular formula is C14H12ClN3O3. The topological polar surface area (TPSA) is 71.5 Å². The van der Waals surface area contributed by atoms with Crippen molar-refractivity contribution < 1.29 is 14.3 Å². The number of urea groups is 1. The van der Waals surface area contributed by atoms with E-state index < -0.39 is 6.03 Å². The van der Waals surface area contributed by atoms with Gasteiger partial charge >= 0.3 is 6.03 Å². The maximum absolute atomic E-state index is 11.6. The van der Waals surface area contributed by atoms with E-state index >= 15 is 0 Å². The lowest BCUT2D eigenvalue weighted by Gasteiger charge is -2.14. The van der Waals surface area contributed by atoms with Crippen molar-refractivity contribution in [3.63, 3.8) is 0 Å². The van der Waals surface area contributed by atoms with Crippen LogP contribution in [0, 0.1) is 0 Å². The molecule has 1 N–H and O–H groups in total. The number of benzene rings is 1. The van der Waals surface area contributed by atoms with E-state index in [1.54, 1.807) is 13.2 Å². The van der Waals surface area contributed by atoms with Gasteiger partial charge in [0.25, 0.3) is 0 Å². The summed E-state index contributed by atoms with van der Waals surface area (Å²) in [4.78, 5) is 28.6. The maximum atomic E-state index is 11.6. The third-order valence-electron chi connectivity index (χ3n) is 3.32. The first kappa shape index (κ1) is 13.6. The number of carbonyl (C=O) groups is 2. The molecule has 21 heavy (non-hydrogen) atoms. The van der Waals surface area contributed by atoms with Gasteiger partial charge in [-0.15, -0.1) is 0 Å². The highest BCUT2D eigenvalue weighted by Crippen LogP contribution is 2.25. The van der Waals surface area contributed by atoms with Crippen molar-refractivity contribution in [1.29, 1.82) is 0 Å². The molecule has 2 aromatic rings. The molecule has 1 saturated heterocycles. The first-order chi connectivity index (χ1) is 10.1. The number of hydrogen-bond acceptors (Lipinski definition) is 4. The Morgan fingerprint density at radius 1 is 1.38 bits per heavy atom. The molecule has 0 saturated carbocycles. The molecule has 3 amide bonds. The van der Waals surface area contributed by atoms with Crippen molar-refractivity contribution in [2.24, 2.45) is 0 Å². The number of hydrogen-bond donors (Lipinski definition) is 1. The minimum absolute atomic E-state index is 0.0225. The van der Waals surface area contributed by atoms with Crippen molar-refractivity contribution in [2.75, 3.05) is 13.7 Å². The molecule has 108 valence electrons. The van der Waals surface area contributed by atoms with Crippen LogP contribution in [0.2, 0.25) is 5.15 Å². The Bertz CT molecular complexity index is 732. The van der Waals surface area contributed by atoms with Gasteiger partial charge in [-0.2, -0.15) is 0 Å².